The van der Waals surface area contributed by atoms with E-state index >= 15 is 0 Å². The molecule has 1 N–H and O–H groups in total. The first-order chi connectivity index (χ1) is 16.4. The largest absolute Gasteiger partial charge is 0.352 e. The van der Waals surface area contributed by atoms with E-state index < -0.39 is 6.04 Å². The summed E-state index contributed by atoms with van der Waals surface area (Å²) in [4.78, 5) is 29.0. The molecule has 34 heavy (non-hydrogen) atoms. The third kappa shape index (κ3) is 7.19. The molecule has 0 aliphatic heterocycles. The molecule has 0 saturated heterocycles. The standard InChI is InChI=1S/C29H33ClN2O2/c1-4-22(3)31-29(34)27(18-23-12-6-5-7-13-23)32(20-24-14-10-16-26(30)17-24)28(33)19-25-15-9-8-11-21(25)2/h5-17,22,27H,4,18-20H2,1-3H3,(H,31,34)/t22-,27+/m0/s1. The van der Waals surface area contributed by atoms with Crippen LogP contribution in [0.1, 0.15) is 42.5 Å². The van der Waals surface area contributed by atoms with Crippen molar-refractivity contribution < 1.29 is 9.59 Å². The van der Waals surface area contributed by atoms with Crippen LogP contribution >= 0.6 is 11.6 Å². The van der Waals surface area contributed by atoms with Crippen molar-refractivity contribution in [1.82, 2.24) is 10.2 Å². The average Bonchev–Trinajstić information content (AvgIpc) is 2.83. The van der Waals surface area contributed by atoms with E-state index in [1.165, 1.54) is 0 Å². The summed E-state index contributed by atoms with van der Waals surface area (Å²) < 4.78 is 0. The Morgan fingerprint density at radius 2 is 1.62 bits per heavy atom. The van der Waals surface area contributed by atoms with E-state index in [0.29, 0.717) is 18.0 Å². The number of hydrogen-bond donors (Lipinski definition) is 1. The van der Waals surface area contributed by atoms with Crippen LogP contribution in [0.2, 0.25) is 5.02 Å². The summed E-state index contributed by atoms with van der Waals surface area (Å²) in [6, 6.07) is 24.5. The van der Waals surface area contributed by atoms with Crippen molar-refractivity contribution in [2.45, 2.75) is 58.7 Å². The molecule has 0 heterocycles. The number of carbonyl (C=O) groups excluding carboxylic acids is 2. The van der Waals surface area contributed by atoms with Crippen LogP contribution in [0, 0.1) is 6.92 Å². The zero-order valence-electron chi connectivity index (χ0n) is 20.1. The summed E-state index contributed by atoms with van der Waals surface area (Å²) in [6.45, 7) is 6.32. The molecule has 2 atom stereocenters. The van der Waals surface area contributed by atoms with E-state index in [0.717, 1.165) is 28.7 Å². The van der Waals surface area contributed by atoms with Gasteiger partial charge in [0, 0.05) is 24.0 Å². The number of amides is 2. The topological polar surface area (TPSA) is 49.4 Å². The molecule has 0 unspecified atom stereocenters. The molecule has 0 radical (unpaired) electrons. The van der Waals surface area contributed by atoms with Crippen molar-refractivity contribution in [2.75, 3.05) is 0 Å². The molecule has 3 aromatic rings. The Morgan fingerprint density at radius 3 is 2.29 bits per heavy atom. The van der Waals surface area contributed by atoms with Gasteiger partial charge in [0.2, 0.25) is 11.8 Å². The molecule has 0 spiro atoms. The summed E-state index contributed by atoms with van der Waals surface area (Å²) in [5.41, 5.74) is 3.92. The van der Waals surface area contributed by atoms with Gasteiger partial charge in [-0.05, 0) is 54.7 Å². The quantitative estimate of drug-likeness (QED) is 0.405. The van der Waals surface area contributed by atoms with Gasteiger partial charge in [-0.3, -0.25) is 9.59 Å². The average molecular weight is 477 g/mol. The van der Waals surface area contributed by atoms with Gasteiger partial charge in [-0.15, -0.1) is 0 Å². The minimum atomic E-state index is -0.646. The second-order valence-corrected chi connectivity index (χ2v) is 9.21. The van der Waals surface area contributed by atoms with Gasteiger partial charge in [-0.1, -0.05) is 85.3 Å². The lowest BCUT2D eigenvalue weighted by Gasteiger charge is -2.32. The molecule has 2 amide bonds. The fourth-order valence-electron chi connectivity index (χ4n) is 3.90. The Balaban J connectivity index is 1.98. The first kappa shape index (κ1) is 25.5. The van der Waals surface area contributed by atoms with Gasteiger partial charge in [0.15, 0.2) is 0 Å². The highest BCUT2D eigenvalue weighted by Gasteiger charge is 2.31. The SMILES string of the molecule is CC[C@H](C)NC(=O)[C@@H](Cc1ccccc1)N(Cc1cccc(Cl)c1)C(=O)Cc1ccccc1C. The van der Waals surface area contributed by atoms with Crippen molar-refractivity contribution in [2.24, 2.45) is 0 Å². The number of hydrogen-bond acceptors (Lipinski definition) is 2. The fourth-order valence-corrected chi connectivity index (χ4v) is 4.11. The van der Waals surface area contributed by atoms with E-state index in [4.69, 9.17) is 11.6 Å². The van der Waals surface area contributed by atoms with Crippen molar-refractivity contribution in [3.8, 4) is 0 Å². The molecule has 0 aliphatic carbocycles. The highest BCUT2D eigenvalue weighted by molar-refractivity contribution is 6.30. The maximum absolute atomic E-state index is 13.8. The summed E-state index contributed by atoms with van der Waals surface area (Å²) in [6.07, 6.45) is 1.48. The number of nitrogens with zero attached hydrogens (tertiary/aromatic N) is 1. The Labute approximate surface area is 207 Å². The van der Waals surface area contributed by atoms with Crippen LogP contribution in [0.4, 0.5) is 0 Å². The smallest absolute Gasteiger partial charge is 0.243 e. The first-order valence-corrected chi connectivity index (χ1v) is 12.2. The van der Waals surface area contributed by atoms with Crippen molar-refractivity contribution in [1.29, 1.82) is 0 Å². The number of rotatable bonds is 10. The van der Waals surface area contributed by atoms with Crippen LogP contribution in [0.15, 0.2) is 78.9 Å². The molecule has 178 valence electrons. The lowest BCUT2D eigenvalue weighted by Crippen LogP contribution is -2.52. The Morgan fingerprint density at radius 1 is 0.941 bits per heavy atom. The Bertz CT molecular complexity index is 1100. The van der Waals surface area contributed by atoms with Gasteiger partial charge in [0.05, 0.1) is 6.42 Å². The summed E-state index contributed by atoms with van der Waals surface area (Å²) >= 11 is 6.24. The number of nitrogens with one attached hydrogen (secondary N) is 1. The maximum Gasteiger partial charge on any atom is 0.243 e. The second-order valence-electron chi connectivity index (χ2n) is 8.78. The summed E-state index contributed by atoms with van der Waals surface area (Å²) in [7, 11) is 0. The first-order valence-electron chi connectivity index (χ1n) is 11.8. The molecule has 0 fully saturated rings. The van der Waals surface area contributed by atoms with Crippen LogP contribution in [-0.2, 0) is 29.0 Å². The molecule has 4 nitrogen and oxygen atoms in total. The highest BCUT2D eigenvalue weighted by Crippen LogP contribution is 2.19. The molecule has 0 bridgehead atoms. The van der Waals surface area contributed by atoms with Crippen LogP contribution in [0.5, 0.6) is 0 Å². The monoisotopic (exact) mass is 476 g/mol. The number of aryl methyl sites for hydroxylation is 1. The van der Waals surface area contributed by atoms with Crippen LogP contribution in [0.3, 0.4) is 0 Å². The highest BCUT2D eigenvalue weighted by atomic mass is 35.5. The third-order valence-electron chi connectivity index (χ3n) is 6.12. The molecule has 0 aromatic heterocycles. The molecular formula is C29H33ClN2O2. The predicted molar refractivity (Wildman–Crippen MR) is 139 cm³/mol. The van der Waals surface area contributed by atoms with Crippen LogP contribution < -0.4 is 5.32 Å². The van der Waals surface area contributed by atoms with Gasteiger partial charge in [0.25, 0.3) is 0 Å². The van der Waals surface area contributed by atoms with Crippen molar-refractivity contribution >= 4 is 23.4 Å². The Kier molecular flexibility index (Phi) is 9.29. The predicted octanol–water partition coefficient (Wildman–Crippen LogP) is 5.75. The zero-order chi connectivity index (χ0) is 24.5. The molecule has 5 heteroatoms. The minimum Gasteiger partial charge on any atom is -0.352 e. The summed E-state index contributed by atoms with van der Waals surface area (Å²) in [5, 5.41) is 3.70. The number of benzene rings is 3. The maximum atomic E-state index is 13.8. The van der Waals surface area contributed by atoms with Crippen molar-refractivity contribution in [3.05, 3.63) is 106 Å². The van der Waals surface area contributed by atoms with E-state index in [9.17, 15) is 9.59 Å². The van der Waals surface area contributed by atoms with E-state index in [-0.39, 0.29) is 24.3 Å². The van der Waals surface area contributed by atoms with Gasteiger partial charge >= 0.3 is 0 Å². The zero-order valence-corrected chi connectivity index (χ0v) is 20.9. The number of halogens is 1. The van der Waals surface area contributed by atoms with Crippen LogP contribution in [-0.4, -0.2) is 28.8 Å². The lowest BCUT2D eigenvalue weighted by molar-refractivity contribution is -0.141. The normalized spacial score (nSPS) is 12.6. The molecule has 0 saturated carbocycles. The lowest BCUT2D eigenvalue weighted by atomic mass is 10.00. The van der Waals surface area contributed by atoms with Gasteiger partial charge in [-0.2, -0.15) is 0 Å². The molecule has 0 aliphatic rings. The Hall–Kier alpha value is -3.11. The third-order valence-corrected chi connectivity index (χ3v) is 6.35. The molecule has 3 aromatic carbocycles. The van der Waals surface area contributed by atoms with E-state index in [1.807, 2.05) is 99.6 Å². The molecule has 3 rings (SSSR count). The fraction of sp³-hybridized carbons (Fsp3) is 0.310. The minimum absolute atomic E-state index is 0.0188. The van der Waals surface area contributed by atoms with Crippen molar-refractivity contribution in [3.63, 3.8) is 0 Å². The number of carbonyl (C=O) groups is 2. The van der Waals surface area contributed by atoms with Gasteiger partial charge in [-0.25, -0.2) is 0 Å². The second kappa shape index (κ2) is 12.4. The van der Waals surface area contributed by atoms with Gasteiger partial charge < -0.3 is 10.2 Å². The van der Waals surface area contributed by atoms with Gasteiger partial charge in [0.1, 0.15) is 6.04 Å². The van der Waals surface area contributed by atoms with E-state index in [2.05, 4.69) is 5.32 Å². The van der Waals surface area contributed by atoms with Crippen LogP contribution in [0.25, 0.3) is 0 Å². The summed E-state index contributed by atoms with van der Waals surface area (Å²) in [5.74, 6) is -0.229. The van der Waals surface area contributed by atoms with E-state index in [1.54, 1.807) is 4.90 Å². The molecular weight excluding hydrogens is 444 g/mol.